The molecule has 0 aromatic heterocycles. The number of halogens is 1. The van der Waals surface area contributed by atoms with Gasteiger partial charge in [-0.05, 0) is 29.5 Å². The monoisotopic (exact) mass is 343 g/mol. The molecule has 0 amide bonds. The third-order valence-electron chi connectivity index (χ3n) is 3.44. The molecule has 0 saturated heterocycles. The number of nitrogens with one attached hydrogen (secondary N) is 1. The normalized spacial score (nSPS) is 13.8. The molecular formula is C15H22BrNO3. The molecule has 0 fully saturated rings. The first kappa shape index (κ1) is 15.6. The molecule has 1 aliphatic heterocycles. The van der Waals surface area contributed by atoms with Gasteiger partial charge in [-0.15, -0.1) is 0 Å². The number of fused-ring (bicyclic) bond motifs is 1. The van der Waals surface area contributed by atoms with Gasteiger partial charge in [0.15, 0.2) is 11.5 Å². The molecule has 0 radical (unpaired) electrons. The molecular weight excluding hydrogens is 322 g/mol. The lowest BCUT2D eigenvalue weighted by Gasteiger charge is -2.24. The second-order valence-corrected chi connectivity index (χ2v) is 6.66. The van der Waals surface area contributed by atoms with Crippen LogP contribution in [-0.2, 0) is 11.3 Å². The molecule has 1 aliphatic rings. The van der Waals surface area contributed by atoms with Gasteiger partial charge in [0.25, 0.3) is 0 Å². The lowest BCUT2D eigenvalue weighted by atomic mass is 9.89. The molecule has 0 unspecified atom stereocenters. The molecule has 20 heavy (non-hydrogen) atoms. The van der Waals surface area contributed by atoms with Gasteiger partial charge in [-0.25, -0.2) is 0 Å². The molecule has 0 aliphatic carbocycles. The SMILES string of the molecule is COCCC(C)(C)CNCc1cc2c(cc1Br)OCO2. The van der Waals surface area contributed by atoms with Crippen molar-refractivity contribution in [2.45, 2.75) is 26.8 Å². The molecule has 0 bridgehead atoms. The van der Waals surface area contributed by atoms with Crippen LogP contribution in [0.4, 0.5) is 0 Å². The summed E-state index contributed by atoms with van der Waals surface area (Å²) in [6.07, 6.45) is 1.04. The average molecular weight is 344 g/mol. The first-order chi connectivity index (χ1) is 9.52. The molecule has 1 heterocycles. The minimum Gasteiger partial charge on any atom is -0.454 e. The topological polar surface area (TPSA) is 39.7 Å². The van der Waals surface area contributed by atoms with E-state index in [2.05, 4.69) is 35.1 Å². The van der Waals surface area contributed by atoms with Crippen LogP contribution in [0, 0.1) is 5.41 Å². The van der Waals surface area contributed by atoms with Crippen molar-refractivity contribution in [2.75, 3.05) is 27.1 Å². The zero-order valence-corrected chi connectivity index (χ0v) is 13.9. The Hall–Kier alpha value is -0.780. The fourth-order valence-electron chi connectivity index (χ4n) is 2.10. The smallest absolute Gasteiger partial charge is 0.231 e. The molecule has 1 N–H and O–H groups in total. The van der Waals surface area contributed by atoms with E-state index in [-0.39, 0.29) is 5.41 Å². The summed E-state index contributed by atoms with van der Waals surface area (Å²) < 4.78 is 16.9. The number of hydrogen-bond donors (Lipinski definition) is 1. The minimum atomic E-state index is 0.221. The van der Waals surface area contributed by atoms with Gasteiger partial charge in [0, 0.05) is 31.3 Å². The molecule has 0 spiro atoms. The van der Waals surface area contributed by atoms with Gasteiger partial charge in [-0.3, -0.25) is 0 Å². The van der Waals surface area contributed by atoms with Crippen LogP contribution in [0.15, 0.2) is 16.6 Å². The van der Waals surface area contributed by atoms with E-state index in [1.807, 2.05) is 12.1 Å². The fraction of sp³-hybridized carbons (Fsp3) is 0.600. The Morgan fingerprint density at radius 1 is 1.30 bits per heavy atom. The number of methoxy groups -OCH3 is 1. The third-order valence-corrected chi connectivity index (χ3v) is 4.18. The lowest BCUT2D eigenvalue weighted by Crippen LogP contribution is -2.30. The van der Waals surface area contributed by atoms with Crippen molar-refractivity contribution in [3.05, 3.63) is 22.2 Å². The van der Waals surface area contributed by atoms with Crippen molar-refractivity contribution in [3.63, 3.8) is 0 Å². The van der Waals surface area contributed by atoms with Gasteiger partial charge in [0.05, 0.1) is 0 Å². The Labute approximate surface area is 128 Å². The Morgan fingerprint density at radius 2 is 2.00 bits per heavy atom. The number of ether oxygens (including phenoxy) is 3. The molecule has 1 aromatic carbocycles. The second kappa shape index (κ2) is 6.78. The summed E-state index contributed by atoms with van der Waals surface area (Å²) >= 11 is 3.58. The predicted molar refractivity (Wildman–Crippen MR) is 82.2 cm³/mol. The molecule has 4 nitrogen and oxygen atoms in total. The molecule has 1 aromatic rings. The molecule has 112 valence electrons. The van der Waals surface area contributed by atoms with Crippen LogP contribution in [0.5, 0.6) is 11.5 Å². The van der Waals surface area contributed by atoms with Crippen molar-refractivity contribution in [1.82, 2.24) is 5.32 Å². The Kier molecular flexibility index (Phi) is 5.29. The van der Waals surface area contributed by atoms with Crippen LogP contribution in [-0.4, -0.2) is 27.1 Å². The largest absolute Gasteiger partial charge is 0.454 e. The van der Waals surface area contributed by atoms with E-state index in [0.717, 1.165) is 42.1 Å². The maximum atomic E-state index is 5.41. The van der Waals surface area contributed by atoms with Crippen molar-refractivity contribution < 1.29 is 14.2 Å². The van der Waals surface area contributed by atoms with Crippen molar-refractivity contribution in [2.24, 2.45) is 5.41 Å². The summed E-state index contributed by atoms with van der Waals surface area (Å²) in [7, 11) is 1.74. The first-order valence-corrected chi connectivity index (χ1v) is 7.59. The van der Waals surface area contributed by atoms with E-state index in [1.54, 1.807) is 7.11 Å². The zero-order chi connectivity index (χ0) is 14.6. The standard InChI is InChI=1S/C15H22BrNO3/c1-15(2,4-5-18-3)9-17-8-11-6-13-14(7-12(11)16)20-10-19-13/h6-7,17H,4-5,8-10H2,1-3H3. The van der Waals surface area contributed by atoms with Gasteiger partial charge < -0.3 is 19.5 Å². The van der Waals surface area contributed by atoms with Crippen LogP contribution in [0.1, 0.15) is 25.8 Å². The summed E-state index contributed by atoms with van der Waals surface area (Å²) in [5, 5.41) is 3.50. The van der Waals surface area contributed by atoms with Gasteiger partial charge in [0.1, 0.15) is 0 Å². The summed E-state index contributed by atoms with van der Waals surface area (Å²) in [5.41, 5.74) is 1.40. The van der Waals surface area contributed by atoms with Gasteiger partial charge in [0.2, 0.25) is 6.79 Å². The molecule has 5 heteroatoms. The van der Waals surface area contributed by atoms with Crippen molar-refractivity contribution in [1.29, 1.82) is 0 Å². The van der Waals surface area contributed by atoms with E-state index in [0.29, 0.717) is 6.79 Å². The van der Waals surface area contributed by atoms with E-state index >= 15 is 0 Å². The van der Waals surface area contributed by atoms with Crippen molar-refractivity contribution >= 4 is 15.9 Å². The Balaban J connectivity index is 1.88. The van der Waals surface area contributed by atoms with E-state index < -0.39 is 0 Å². The van der Waals surface area contributed by atoms with Crippen LogP contribution < -0.4 is 14.8 Å². The summed E-state index contributed by atoms with van der Waals surface area (Å²) in [4.78, 5) is 0. The van der Waals surface area contributed by atoms with Crippen LogP contribution in [0.3, 0.4) is 0 Å². The highest BCUT2D eigenvalue weighted by Crippen LogP contribution is 2.36. The van der Waals surface area contributed by atoms with Crippen LogP contribution >= 0.6 is 15.9 Å². The second-order valence-electron chi connectivity index (χ2n) is 5.81. The Bertz CT molecular complexity index is 463. The number of benzene rings is 1. The quantitative estimate of drug-likeness (QED) is 0.824. The van der Waals surface area contributed by atoms with Crippen LogP contribution in [0.2, 0.25) is 0 Å². The van der Waals surface area contributed by atoms with Gasteiger partial charge in [-0.2, -0.15) is 0 Å². The molecule has 0 saturated carbocycles. The predicted octanol–water partition coefficient (Wildman–Crippen LogP) is 3.33. The molecule has 0 atom stereocenters. The maximum absolute atomic E-state index is 5.41. The third kappa shape index (κ3) is 4.11. The highest BCUT2D eigenvalue weighted by atomic mass is 79.9. The summed E-state index contributed by atoms with van der Waals surface area (Å²) in [6.45, 7) is 7.33. The highest BCUT2D eigenvalue weighted by molar-refractivity contribution is 9.10. The number of rotatable bonds is 7. The average Bonchev–Trinajstić information content (AvgIpc) is 2.83. The number of hydrogen-bond acceptors (Lipinski definition) is 4. The van der Waals surface area contributed by atoms with Gasteiger partial charge in [-0.1, -0.05) is 29.8 Å². The first-order valence-electron chi connectivity index (χ1n) is 6.79. The van der Waals surface area contributed by atoms with Crippen LogP contribution in [0.25, 0.3) is 0 Å². The fourth-order valence-corrected chi connectivity index (χ4v) is 2.56. The Morgan fingerprint density at radius 3 is 2.70 bits per heavy atom. The minimum absolute atomic E-state index is 0.221. The summed E-state index contributed by atoms with van der Waals surface area (Å²) in [6, 6.07) is 4.00. The van der Waals surface area contributed by atoms with E-state index in [9.17, 15) is 0 Å². The summed E-state index contributed by atoms with van der Waals surface area (Å²) in [5.74, 6) is 1.63. The highest BCUT2D eigenvalue weighted by Gasteiger charge is 2.19. The van der Waals surface area contributed by atoms with Crippen molar-refractivity contribution in [3.8, 4) is 11.5 Å². The lowest BCUT2D eigenvalue weighted by molar-refractivity contribution is 0.150. The molecule has 2 rings (SSSR count). The van der Waals surface area contributed by atoms with E-state index in [4.69, 9.17) is 14.2 Å². The maximum Gasteiger partial charge on any atom is 0.231 e. The van der Waals surface area contributed by atoms with Gasteiger partial charge >= 0.3 is 0 Å². The van der Waals surface area contributed by atoms with E-state index in [1.165, 1.54) is 5.56 Å². The zero-order valence-electron chi connectivity index (χ0n) is 12.3.